The maximum atomic E-state index is 13.1. The summed E-state index contributed by atoms with van der Waals surface area (Å²) in [6, 6.07) is 26.1. The summed E-state index contributed by atoms with van der Waals surface area (Å²) in [6.45, 7) is 1.81. The zero-order valence-corrected chi connectivity index (χ0v) is 19.3. The Morgan fingerprint density at radius 2 is 1.54 bits per heavy atom. The fourth-order valence-corrected chi connectivity index (χ4v) is 3.82. The first-order valence-corrected chi connectivity index (χ1v) is 10.9. The molecule has 0 aliphatic rings. The van der Waals surface area contributed by atoms with Crippen molar-refractivity contribution < 1.29 is 23.8 Å². The molecule has 0 bridgehead atoms. The molecule has 0 atom stereocenters. The molecule has 1 amide bonds. The summed E-state index contributed by atoms with van der Waals surface area (Å²) in [5, 5.41) is 15.4. The summed E-state index contributed by atoms with van der Waals surface area (Å²) in [5.74, 6) is -0.221. The Bertz CT molecular complexity index is 1320. The third-order valence-electron chi connectivity index (χ3n) is 5.70. The molecule has 4 aromatic rings. The molecule has 0 fully saturated rings. The standard InChI is InChI=1S/C28H24N2O5/c1-19-23(14-9-15-24(19)26(31)34-2)25-17-16-22(35-25)18-29-30-27(32)28(33,20-10-5-3-6-11-20)21-12-7-4-8-13-21/h3-18,33H,1-2H3,(H,30,32)/b29-18+. The van der Waals surface area contributed by atoms with E-state index < -0.39 is 17.5 Å². The molecule has 4 rings (SSSR count). The van der Waals surface area contributed by atoms with Crippen molar-refractivity contribution in [3.63, 3.8) is 0 Å². The molecule has 1 aromatic heterocycles. The minimum atomic E-state index is -1.93. The Labute approximate surface area is 202 Å². The van der Waals surface area contributed by atoms with Crippen molar-refractivity contribution >= 4 is 18.1 Å². The number of esters is 1. The number of benzene rings is 3. The number of nitrogens with one attached hydrogen (secondary N) is 1. The number of nitrogens with zero attached hydrogens (tertiary/aromatic N) is 1. The highest BCUT2D eigenvalue weighted by Gasteiger charge is 2.39. The van der Waals surface area contributed by atoms with Crippen LogP contribution in [-0.2, 0) is 15.1 Å². The van der Waals surface area contributed by atoms with Gasteiger partial charge >= 0.3 is 5.97 Å². The zero-order chi connectivity index (χ0) is 24.8. The molecule has 176 valence electrons. The first-order valence-electron chi connectivity index (χ1n) is 10.9. The van der Waals surface area contributed by atoms with Crippen LogP contribution in [0.3, 0.4) is 0 Å². The van der Waals surface area contributed by atoms with E-state index in [-0.39, 0.29) is 0 Å². The highest BCUT2D eigenvalue weighted by molar-refractivity contribution is 5.93. The third-order valence-corrected chi connectivity index (χ3v) is 5.70. The molecule has 35 heavy (non-hydrogen) atoms. The lowest BCUT2D eigenvalue weighted by atomic mass is 9.85. The lowest BCUT2D eigenvalue weighted by molar-refractivity contribution is -0.136. The van der Waals surface area contributed by atoms with Crippen LogP contribution in [0.1, 0.15) is 32.8 Å². The minimum absolute atomic E-state index is 0.381. The minimum Gasteiger partial charge on any atom is -0.465 e. The highest BCUT2D eigenvalue weighted by atomic mass is 16.5. The Hall–Kier alpha value is -4.49. The van der Waals surface area contributed by atoms with Crippen LogP contribution >= 0.6 is 0 Å². The van der Waals surface area contributed by atoms with Gasteiger partial charge < -0.3 is 14.3 Å². The van der Waals surface area contributed by atoms with E-state index in [0.29, 0.717) is 28.2 Å². The molecule has 0 spiro atoms. The molecule has 0 saturated heterocycles. The largest absolute Gasteiger partial charge is 0.465 e. The first kappa shape index (κ1) is 23.7. The maximum Gasteiger partial charge on any atom is 0.338 e. The summed E-state index contributed by atoms with van der Waals surface area (Å²) in [4.78, 5) is 25.1. The van der Waals surface area contributed by atoms with Crippen molar-refractivity contribution in [1.29, 1.82) is 0 Å². The van der Waals surface area contributed by atoms with Crippen molar-refractivity contribution in [3.05, 3.63) is 119 Å². The van der Waals surface area contributed by atoms with Crippen LogP contribution in [0.25, 0.3) is 11.3 Å². The van der Waals surface area contributed by atoms with Crippen LogP contribution in [-0.4, -0.2) is 30.3 Å². The first-order chi connectivity index (χ1) is 16.9. The number of methoxy groups -OCH3 is 1. The average molecular weight is 469 g/mol. The number of furan rings is 1. The molecule has 0 aliphatic heterocycles. The van der Waals surface area contributed by atoms with Crippen LogP contribution in [0.5, 0.6) is 0 Å². The van der Waals surface area contributed by atoms with Gasteiger partial charge in [-0.15, -0.1) is 0 Å². The van der Waals surface area contributed by atoms with E-state index in [1.165, 1.54) is 13.3 Å². The molecule has 0 saturated carbocycles. The molecule has 1 heterocycles. The van der Waals surface area contributed by atoms with Crippen molar-refractivity contribution in [2.24, 2.45) is 5.10 Å². The van der Waals surface area contributed by atoms with Gasteiger partial charge in [0.25, 0.3) is 5.91 Å². The summed E-state index contributed by atoms with van der Waals surface area (Å²) in [5.41, 5.74) is 3.23. The van der Waals surface area contributed by atoms with E-state index in [1.54, 1.807) is 72.8 Å². The van der Waals surface area contributed by atoms with Gasteiger partial charge in [-0.1, -0.05) is 72.8 Å². The Morgan fingerprint density at radius 1 is 0.914 bits per heavy atom. The molecule has 0 radical (unpaired) electrons. The lowest BCUT2D eigenvalue weighted by Crippen LogP contribution is -2.43. The molecule has 2 N–H and O–H groups in total. The summed E-state index contributed by atoms with van der Waals surface area (Å²) < 4.78 is 10.7. The lowest BCUT2D eigenvalue weighted by Gasteiger charge is -2.26. The van der Waals surface area contributed by atoms with Gasteiger partial charge in [0.1, 0.15) is 11.5 Å². The van der Waals surface area contributed by atoms with Crippen molar-refractivity contribution in [2.75, 3.05) is 7.11 Å². The second-order valence-corrected chi connectivity index (χ2v) is 7.81. The predicted molar refractivity (Wildman–Crippen MR) is 132 cm³/mol. The van der Waals surface area contributed by atoms with E-state index in [1.807, 2.05) is 25.1 Å². The number of rotatable bonds is 7. The van der Waals surface area contributed by atoms with E-state index >= 15 is 0 Å². The number of carbonyl (C=O) groups excluding carboxylic acids is 2. The quantitative estimate of drug-likeness (QED) is 0.237. The topological polar surface area (TPSA) is 101 Å². The Morgan fingerprint density at radius 3 is 2.14 bits per heavy atom. The number of hydrogen-bond acceptors (Lipinski definition) is 6. The predicted octanol–water partition coefficient (Wildman–Crippen LogP) is 4.43. The van der Waals surface area contributed by atoms with Crippen LogP contribution in [0.15, 0.2) is 101 Å². The van der Waals surface area contributed by atoms with Gasteiger partial charge in [-0.25, -0.2) is 10.2 Å². The number of carbonyl (C=O) groups is 2. The van der Waals surface area contributed by atoms with Gasteiger partial charge in [0.15, 0.2) is 5.60 Å². The van der Waals surface area contributed by atoms with Gasteiger partial charge in [0.2, 0.25) is 0 Å². The van der Waals surface area contributed by atoms with Gasteiger partial charge in [-0.05, 0) is 41.8 Å². The fourth-order valence-electron chi connectivity index (χ4n) is 3.82. The van der Waals surface area contributed by atoms with Crippen molar-refractivity contribution in [1.82, 2.24) is 5.43 Å². The maximum absolute atomic E-state index is 13.1. The second-order valence-electron chi connectivity index (χ2n) is 7.81. The van der Waals surface area contributed by atoms with Crippen molar-refractivity contribution in [3.8, 4) is 11.3 Å². The van der Waals surface area contributed by atoms with Gasteiger partial charge in [0.05, 0.1) is 18.9 Å². The molecular formula is C28H24N2O5. The van der Waals surface area contributed by atoms with Gasteiger partial charge in [0, 0.05) is 5.56 Å². The fraction of sp³-hybridized carbons (Fsp3) is 0.107. The Balaban J connectivity index is 1.55. The Kier molecular flexibility index (Phi) is 6.89. The number of ether oxygens (including phenoxy) is 1. The smallest absolute Gasteiger partial charge is 0.338 e. The monoisotopic (exact) mass is 468 g/mol. The number of hydrogen-bond donors (Lipinski definition) is 2. The van der Waals surface area contributed by atoms with Gasteiger partial charge in [-0.3, -0.25) is 4.79 Å². The van der Waals surface area contributed by atoms with Crippen molar-refractivity contribution in [2.45, 2.75) is 12.5 Å². The highest BCUT2D eigenvalue weighted by Crippen LogP contribution is 2.30. The molecule has 0 unspecified atom stereocenters. The third kappa shape index (κ3) is 4.76. The summed E-state index contributed by atoms with van der Waals surface area (Å²) in [7, 11) is 1.33. The second kappa shape index (κ2) is 10.2. The number of amides is 1. The van der Waals surface area contributed by atoms with Crippen LogP contribution in [0.4, 0.5) is 0 Å². The summed E-state index contributed by atoms with van der Waals surface area (Å²) >= 11 is 0. The molecule has 7 nitrogen and oxygen atoms in total. The molecular weight excluding hydrogens is 444 g/mol. The number of aliphatic hydroxyl groups is 1. The summed E-state index contributed by atoms with van der Waals surface area (Å²) in [6.07, 6.45) is 1.34. The van der Waals surface area contributed by atoms with Gasteiger partial charge in [-0.2, -0.15) is 5.10 Å². The number of hydrazone groups is 1. The zero-order valence-electron chi connectivity index (χ0n) is 19.3. The van der Waals surface area contributed by atoms with Crippen LogP contribution in [0.2, 0.25) is 0 Å². The average Bonchev–Trinajstić information content (AvgIpc) is 3.37. The van der Waals surface area contributed by atoms with E-state index in [0.717, 1.165) is 11.1 Å². The van der Waals surface area contributed by atoms with Crippen LogP contribution in [0, 0.1) is 6.92 Å². The van der Waals surface area contributed by atoms with Crippen LogP contribution < -0.4 is 5.43 Å². The van der Waals surface area contributed by atoms with E-state index in [2.05, 4.69) is 10.5 Å². The SMILES string of the molecule is COC(=O)c1cccc(-c2ccc(/C=N/NC(=O)C(O)(c3ccccc3)c3ccccc3)o2)c1C. The van der Waals surface area contributed by atoms with E-state index in [4.69, 9.17) is 9.15 Å². The normalized spacial score (nSPS) is 11.4. The molecule has 0 aliphatic carbocycles. The molecule has 7 heteroatoms. The molecule has 3 aromatic carbocycles. The van der Waals surface area contributed by atoms with E-state index in [9.17, 15) is 14.7 Å².